The van der Waals surface area contributed by atoms with Crippen molar-refractivity contribution in [2.24, 2.45) is 0 Å². The number of hydrogen-bond donors (Lipinski definition) is 1. The third-order valence-electron chi connectivity index (χ3n) is 5.09. The van der Waals surface area contributed by atoms with E-state index in [1.165, 1.54) is 10.4 Å². The van der Waals surface area contributed by atoms with Crippen molar-refractivity contribution in [1.82, 2.24) is 4.31 Å². The number of hydrogen-bond acceptors (Lipinski definition) is 7. The molecule has 0 aliphatic carbocycles. The number of amides is 3. The molecule has 4 rings (SSSR count). The number of rotatable bonds is 5. The lowest BCUT2D eigenvalue weighted by atomic mass is 10.1. The number of thiophene rings is 1. The van der Waals surface area contributed by atoms with Crippen molar-refractivity contribution in [3.05, 3.63) is 40.6 Å². The fourth-order valence-electron chi connectivity index (χ4n) is 3.52. The van der Waals surface area contributed by atoms with Crippen LogP contribution in [0.3, 0.4) is 0 Å². The van der Waals surface area contributed by atoms with Crippen molar-refractivity contribution in [3.63, 3.8) is 0 Å². The minimum atomic E-state index is -3.73. The number of carbonyl (C=O) groups excluding carboxylic acids is 3. The maximum atomic E-state index is 13.0. The Morgan fingerprint density at radius 3 is 2.26 bits per heavy atom. The summed E-state index contributed by atoms with van der Waals surface area (Å²) in [4.78, 5) is 38.2. The highest BCUT2D eigenvalue weighted by molar-refractivity contribution is 7.99. The Labute approximate surface area is 188 Å². The van der Waals surface area contributed by atoms with E-state index in [0.717, 1.165) is 27.7 Å². The molecule has 2 aliphatic heterocycles. The SMILES string of the molecule is O=C(Nc1ccc(N2C(=O)CCCC2=O)cc1)c1sccc1S(=O)(=O)N1CCSCC1. The molecular formula is C20H21N3O5S3. The molecule has 0 radical (unpaired) electrons. The second kappa shape index (κ2) is 9.11. The Morgan fingerprint density at radius 1 is 0.968 bits per heavy atom. The van der Waals surface area contributed by atoms with E-state index in [1.54, 1.807) is 41.4 Å². The van der Waals surface area contributed by atoms with E-state index in [2.05, 4.69) is 5.32 Å². The summed E-state index contributed by atoms with van der Waals surface area (Å²) in [6, 6.07) is 7.83. The monoisotopic (exact) mass is 479 g/mol. The van der Waals surface area contributed by atoms with Crippen LogP contribution in [0.5, 0.6) is 0 Å². The van der Waals surface area contributed by atoms with Crippen LogP contribution >= 0.6 is 23.1 Å². The Balaban J connectivity index is 1.50. The molecule has 0 saturated carbocycles. The third-order valence-corrected chi connectivity index (χ3v) is 9.01. The van der Waals surface area contributed by atoms with E-state index in [4.69, 9.17) is 0 Å². The number of piperidine rings is 1. The predicted octanol–water partition coefficient (Wildman–Crippen LogP) is 2.78. The lowest BCUT2D eigenvalue weighted by Crippen LogP contribution is -2.40. The second-order valence-electron chi connectivity index (χ2n) is 7.11. The van der Waals surface area contributed by atoms with Gasteiger partial charge in [-0.15, -0.1) is 11.3 Å². The highest BCUT2D eigenvalue weighted by Gasteiger charge is 2.31. The van der Waals surface area contributed by atoms with Crippen LogP contribution in [0.15, 0.2) is 40.6 Å². The minimum Gasteiger partial charge on any atom is -0.321 e. The lowest BCUT2D eigenvalue weighted by molar-refractivity contribution is -0.129. The number of benzene rings is 1. The molecule has 0 bridgehead atoms. The molecule has 1 aromatic heterocycles. The van der Waals surface area contributed by atoms with E-state index in [1.807, 2.05) is 0 Å². The van der Waals surface area contributed by atoms with Crippen molar-refractivity contribution in [2.75, 3.05) is 34.8 Å². The zero-order valence-electron chi connectivity index (χ0n) is 16.6. The first-order chi connectivity index (χ1) is 14.9. The highest BCUT2D eigenvalue weighted by atomic mass is 32.2. The van der Waals surface area contributed by atoms with Gasteiger partial charge in [-0.25, -0.2) is 8.42 Å². The van der Waals surface area contributed by atoms with Crippen LogP contribution < -0.4 is 10.2 Å². The maximum absolute atomic E-state index is 13.0. The fraction of sp³-hybridized carbons (Fsp3) is 0.350. The van der Waals surface area contributed by atoms with Gasteiger partial charge in [0.25, 0.3) is 5.91 Å². The van der Waals surface area contributed by atoms with Crippen LogP contribution in [0.2, 0.25) is 0 Å². The summed E-state index contributed by atoms with van der Waals surface area (Å²) in [5.74, 6) is 0.478. The molecule has 11 heteroatoms. The van der Waals surface area contributed by atoms with Gasteiger partial charge in [0.05, 0.1) is 5.69 Å². The third kappa shape index (κ3) is 4.54. The normalized spacial score (nSPS) is 18.3. The zero-order chi connectivity index (χ0) is 22.0. The molecule has 1 N–H and O–H groups in total. The summed E-state index contributed by atoms with van der Waals surface area (Å²) >= 11 is 2.78. The molecule has 31 heavy (non-hydrogen) atoms. The smallest absolute Gasteiger partial charge is 0.267 e. The first-order valence-electron chi connectivity index (χ1n) is 9.80. The summed E-state index contributed by atoms with van der Waals surface area (Å²) < 4.78 is 27.4. The van der Waals surface area contributed by atoms with Crippen molar-refractivity contribution in [2.45, 2.75) is 24.2 Å². The van der Waals surface area contributed by atoms with Crippen LogP contribution in [0.4, 0.5) is 11.4 Å². The van der Waals surface area contributed by atoms with Crippen molar-refractivity contribution < 1.29 is 22.8 Å². The molecule has 2 aromatic rings. The molecule has 0 atom stereocenters. The van der Waals surface area contributed by atoms with Crippen molar-refractivity contribution in [3.8, 4) is 0 Å². The van der Waals surface area contributed by atoms with Crippen LogP contribution in [-0.4, -0.2) is 55.0 Å². The van der Waals surface area contributed by atoms with Crippen LogP contribution in [0, 0.1) is 0 Å². The Morgan fingerprint density at radius 2 is 1.61 bits per heavy atom. The molecule has 2 saturated heterocycles. The molecule has 0 unspecified atom stereocenters. The van der Waals surface area contributed by atoms with Crippen molar-refractivity contribution >= 4 is 62.2 Å². The van der Waals surface area contributed by atoms with Crippen LogP contribution in [0.1, 0.15) is 28.9 Å². The summed E-state index contributed by atoms with van der Waals surface area (Å²) in [5, 5.41) is 4.30. The van der Waals surface area contributed by atoms with Gasteiger partial charge in [-0.2, -0.15) is 16.1 Å². The van der Waals surface area contributed by atoms with E-state index >= 15 is 0 Å². The molecule has 3 heterocycles. The fourth-order valence-corrected chi connectivity index (χ4v) is 7.39. The standard InChI is InChI=1S/C20H21N3O5S3/c24-17-2-1-3-18(25)23(17)15-6-4-14(5-7-15)21-20(26)19-16(8-11-30-19)31(27,28)22-9-12-29-13-10-22/h4-8,11H,1-3,9-10,12-13H2,(H,21,26). The molecule has 0 spiro atoms. The predicted molar refractivity (Wildman–Crippen MR) is 121 cm³/mol. The quantitative estimate of drug-likeness (QED) is 0.662. The average Bonchev–Trinajstić information content (AvgIpc) is 3.27. The molecule has 2 aliphatic rings. The Bertz CT molecular complexity index is 1090. The van der Waals surface area contributed by atoms with Gasteiger partial charge in [0.2, 0.25) is 21.8 Å². The Hall–Kier alpha value is -2.21. The Kier molecular flexibility index (Phi) is 6.47. The number of nitrogens with one attached hydrogen (secondary N) is 1. The maximum Gasteiger partial charge on any atom is 0.267 e. The van der Waals surface area contributed by atoms with Crippen LogP contribution in [-0.2, 0) is 19.6 Å². The van der Waals surface area contributed by atoms with E-state index in [0.29, 0.717) is 43.7 Å². The van der Waals surface area contributed by atoms with Gasteiger partial charge in [0.15, 0.2) is 0 Å². The lowest BCUT2D eigenvalue weighted by Gasteiger charge is -2.25. The average molecular weight is 480 g/mol. The highest BCUT2D eigenvalue weighted by Crippen LogP contribution is 2.29. The zero-order valence-corrected chi connectivity index (χ0v) is 19.0. The van der Waals surface area contributed by atoms with Gasteiger partial charge < -0.3 is 5.32 Å². The molecule has 1 aromatic carbocycles. The van der Waals surface area contributed by atoms with Gasteiger partial charge in [-0.3, -0.25) is 19.3 Å². The summed E-state index contributed by atoms with van der Waals surface area (Å²) in [6.45, 7) is 0.860. The first kappa shape index (κ1) is 22.0. The topological polar surface area (TPSA) is 104 Å². The molecule has 3 amide bonds. The van der Waals surface area contributed by atoms with Crippen molar-refractivity contribution in [1.29, 1.82) is 0 Å². The van der Waals surface area contributed by atoms with Gasteiger partial charge >= 0.3 is 0 Å². The summed E-state index contributed by atoms with van der Waals surface area (Å²) in [5.41, 5.74) is 0.895. The van der Waals surface area contributed by atoms with E-state index in [-0.39, 0.29) is 21.6 Å². The number of sulfonamides is 1. The number of nitrogens with zero attached hydrogens (tertiary/aromatic N) is 2. The van der Waals surface area contributed by atoms with Gasteiger partial charge in [-0.1, -0.05) is 0 Å². The van der Waals surface area contributed by atoms with Gasteiger partial charge in [-0.05, 0) is 42.1 Å². The summed E-state index contributed by atoms with van der Waals surface area (Å²) in [6.07, 6.45) is 1.22. The van der Waals surface area contributed by atoms with E-state index < -0.39 is 15.9 Å². The molecule has 164 valence electrons. The second-order valence-corrected chi connectivity index (χ2v) is 11.2. The van der Waals surface area contributed by atoms with Crippen LogP contribution in [0.25, 0.3) is 0 Å². The number of anilines is 2. The molecule has 8 nitrogen and oxygen atoms in total. The van der Waals surface area contributed by atoms with Gasteiger partial charge in [0, 0.05) is 43.1 Å². The molecular weight excluding hydrogens is 458 g/mol. The molecule has 2 fully saturated rings. The summed E-state index contributed by atoms with van der Waals surface area (Å²) in [7, 11) is -3.73. The van der Waals surface area contributed by atoms with Gasteiger partial charge in [0.1, 0.15) is 9.77 Å². The first-order valence-corrected chi connectivity index (χ1v) is 13.3. The number of imide groups is 1. The minimum absolute atomic E-state index is 0.0167. The number of thioether (sulfide) groups is 1. The van der Waals surface area contributed by atoms with E-state index in [9.17, 15) is 22.8 Å². The largest absolute Gasteiger partial charge is 0.321 e. The number of carbonyl (C=O) groups is 3.